The van der Waals surface area contributed by atoms with Crippen LogP contribution in [0.2, 0.25) is 0 Å². The molecule has 0 amide bonds. The molecule has 1 heterocycles. The zero-order valence-corrected chi connectivity index (χ0v) is 10.8. The molecule has 1 aromatic carbocycles. The van der Waals surface area contributed by atoms with E-state index in [9.17, 15) is 8.78 Å². The average Bonchev–Trinajstić information content (AvgIpc) is 2.92. The molecular formula is C12H15F2N5. The van der Waals surface area contributed by atoms with Gasteiger partial charge in [-0.2, -0.15) is 0 Å². The van der Waals surface area contributed by atoms with Crippen molar-refractivity contribution in [1.29, 1.82) is 0 Å². The Morgan fingerprint density at radius 1 is 1.32 bits per heavy atom. The van der Waals surface area contributed by atoms with E-state index >= 15 is 0 Å². The van der Waals surface area contributed by atoms with Crippen LogP contribution in [0.3, 0.4) is 0 Å². The lowest BCUT2D eigenvalue weighted by molar-refractivity contribution is 0.500. The monoisotopic (exact) mass is 267 g/mol. The highest BCUT2D eigenvalue weighted by atomic mass is 19.2. The lowest BCUT2D eigenvalue weighted by atomic mass is 10.0. The molecule has 1 aromatic heterocycles. The van der Waals surface area contributed by atoms with Gasteiger partial charge in [-0.15, -0.1) is 0 Å². The molecular weight excluding hydrogens is 252 g/mol. The zero-order chi connectivity index (χ0) is 13.8. The van der Waals surface area contributed by atoms with Crippen molar-refractivity contribution in [2.45, 2.75) is 19.8 Å². The van der Waals surface area contributed by atoms with Gasteiger partial charge in [-0.25, -0.2) is 13.9 Å². The number of rotatable bonds is 5. The largest absolute Gasteiger partial charge is 0.343 e. The smallest absolute Gasteiger partial charge is 0.242 e. The molecule has 0 spiro atoms. The summed E-state index contributed by atoms with van der Waals surface area (Å²) in [7, 11) is 1.86. The summed E-state index contributed by atoms with van der Waals surface area (Å²) in [6.45, 7) is 2.31. The molecule has 19 heavy (non-hydrogen) atoms. The quantitative estimate of drug-likeness (QED) is 0.898. The second-order valence-electron chi connectivity index (χ2n) is 4.40. The first kappa shape index (κ1) is 13.4. The van der Waals surface area contributed by atoms with E-state index in [4.69, 9.17) is 0 Å². The van der Waals surface area contributed by atoms with Gasteiger partial charge in [0.15, 0.2) is 11.6 Å². The van der Waals surface area contributed by atoms with Gasteiger partial charge in [0.2, 0.25) is 5.95 Å². The number of hydrogen-bond donors (Lipinski definition) is 1. The van der Waals surface area contributed by atoms with Gasteiger partial charge in [0.05, 0.1) is 0 Å². The number of H-pyrrole nitrogens is 1. The Kier molecular flexibility index (Phi) is 4.03. The fraction of sp³-hybridized carbons (Fsp3) is 0.417. The molecule has 2 rings (SSSR count). The van der Waals surface area contributed by atoms with Gasteiger partial charge in [-0.3, -0.25) is 0 Å². The van der Waals surface area contributed by atoms with E-state index in [0.29, 0.717) is 17.9 Å². The molecule has 2 aromatic rings. The van der Waals surface area contributed by atoms with E-state index in [1.54, 1.807) is 13.0 Å². The Morgan fingerprint density at radius 2 is 2.11 bits per heavy atom. The molecule has 7 heteroatoms. The zero-order valence-electron chi connectivity index (χ0n) is 10.8. The van der Waals surface area contributed by atoms with E-state index in [2.05, 4.69) is 20.6 Å². The normalized spacial score (nSPS) is 10.7. The number of anilines is 1. The predicted octanol–water partition coefficient (Wildman–Crippen LogP) is 1.86. The fourth-order valence-electron chi connectivity index (χ4n) is 1.89. The summed E-state index contributed by atoms with van der Waals surface area (Å²) in [6.07, 6.45) is 1.47. The van der Waals surface area contributed by atoms with Gasteiger partial charge in [0.25, 0.3) is 0 Å². The number of aromatic amines is 1. The first-order valence-electron chi connectivity index (χ1n) is 5.98. The standard InChI is InChI=1S/C12H15F2N5/c1-8-9(5-6-10(13)11(8)14)4-3-7-19(2)12-15-17-18-16-12/h5-6H,3-4,7H2,1-2H3,(H,15,16,17,18). The van der Waals surface area contributed by atoms with E-state index in [-0.39, 0.29) is 0 Å². The molecule has 0 saturated heterocycles. The van der Waals surface area contributed by atoms with Crippen LogP contribution in [0.25, 0.3) is 0 Å². The Morgan fingerprint density at radius 3 is 2.79 bits per heavy atom. The summed E-state index contributed by atoms with van der Waals surface area (Å²) in [5.41, 5.74) is 1.20. The molecule has 102 valence electrons. The number of hydrogen-bond acceptors (Lipinski definition) is 4. The lowest BCUT2D eigenvalue weighted by Crippen LogP contribution is -2.20. The van der Waals surface area contributed by atoms with Crippen molar-refractivity contribution in [2.24, 2.45) is 0 Å². The van der Waals surface area contributed by atoms with Gasteiger partial charge >= 0.3 is 0 Å². The maximum Gasteiger partial charge on any atom is 0.242 e. The third-order valence-electron chi connectivity index (χ3n) is 3.09. The highest BCUT2D eigenvalue weighted by Crippen LogP contribution is 2.17. The molecule has 0 fully saturated rings. The minimum Gasteiger partial charge on any atom is -0.343 e. The van der Waals surface area contributed by atoms with Crippen LogP contribution < -0.4 is 4.90 Å². The van der Waals surface area contributed by atoms with Crippen LogP contribution in [0, 0.1) is 18.6 Å². The second-order valence-corrected chi connectivity index (χ2v) is 4.40. The molecule has 0 radical (unpaired) electrons. The van der Waals surface area contributed by atoms with Crippen molar-refractivity contribution in [3.63, 3.8) is 0 Å². The van der Waals surface area contributed by atoms with Gasteiger partial charge in [0.1, 0.15) is 0 Å². The number of nitrogens with zero attached hydrogens (tertiary/aromatic N) is 4. The Bertz CT molecular complexity index is 541. The summed E-state index contributed by atoms with van der Waals surface area (Å²) >= 11 is 0. The first-order chi connectivity index (χ1) is 9.09. The molecule has 0 aliphatic rings. The summed E-state index contributed by atoms with van der Waals surface area (Å²) < 4.78 is 26.4. The van der Waals surface area contributed by atoms with Crippen molar-refractivity contribution in [3.8, 4) is 0 Å². The third-order valence-corrected chi connectivity index (χ3v) is 3.09. The van der Waals surface area contributed by atoms with Crippen LogP contribution in [0.5, 0.6) is 0 Å². The number of aromatic nitrogens is 4. The van der Waals surface area contributed by atoms with Gasteiger partial charge < -0.3 is 4.90 Å². The first-order valence-corrected chi connectivity index (χ1v) is 5.98. The molecule has 1 N–H and O–H groups in total. The minimum atomic E-state index is -0.800. The molecule has 0 aliphatic carbocycles. The number of nitrogens with one attached hydrogen (secondary N) is 1. The number of halogens is 2. The van der Waals surface area contributed by atoms with E-state index in [0.717, 1.165) is 18.5 Å². The minimum absolute atomic E-state index is 0.379. The molecule has 0 unspecified atom stereocenters. The third kappa shape index (κ3) is 3.04. The van der Waals surface area contributed by atoms with Crippen LogP contribution in [0.15, 0.2) is 12.1 Å². The predicted molar refractivity (Wildman–Crippen MR) is 66.9 cm³/mol. The van der Waals surface area contributed by atoms with Crippen molar-refractivity contribution in [3.05, 3.63) is 34.9 Å². The Balaban J connectivity index is 1.91. The summed E-state index contributed by atoms with van der Waals surface area (Å²) in [4.78, 5) is 1.87. The van der Waals surface area contributed by atoms with Crippen LogP contribution in [0.4, 0.5) is 14.7 Å². The van der Waals surface area contributed by atoms with E-state index in [1.165, 1.54) is 6.07 Å². The second kappa shape index (κ2) is 5.73. The van der Waals surface area contributed by atoms with Crippen molar-refractivity contribution >= 4 is 5.95 Å². The van der Waals surface area contributed by atoms with Gasteiger partial charge in [-0.05, 0) is 47.4 Å². The number of tetrazole rings is 1. The molecule has 0 bridgehead atoms. The summed E-state index contributed by atoms with van der Waals surface area (Å²) in [6, 6.07) is 2.80. The number of benzene rings is 1. The number of aryl methyl sites for hydroxylation is 1. The maximum atomic E-state index is 13.4. The highest BCUT2D eigenvalue weighted by Gasteiger charge is 2.10. The topological polar surface area (TPSA) is 57.7 Å². The molecule has 0 aliphatic heterocycles. The van der Waals surface area contributed by atoms with Crippen molar-refractivity contribution in [1.82, 2.24) is 20.6 Å². The Hall–Kier alpha value is -2.05. The Labute approximate surface area is 109 Å². The molecule has 0 atom stereocenters. The van der Waals surface area contributed by atoms with Gasteiger partial charge in [0, 0.05) is 13.6 Å². The summed E-state index contributed by atoms with van der Waals surface area (Å²) in [5, 5.41) is 13.4. The molecule has 0 saturated carbocycles. The lowest BCUT2D eigenvalue weighted by Gasteiger charge is -2.15. The van der Waals surface area contributed by atoms with Crippen LogP contribution in [0.1, 0.15) is 17.5 Å². The van der Waals surface area contributed by atoms with Crippen LogP contribution >= 0.6 is 0 Å². The molecule has 5 nitrogen and oxygen atoms in total. The van der Waals surface area contributed by atoms with Crippen molar-refractivity contribution < 1.29 is 8.78 Å². The van der Waals surface area contributed by atoms with Gasteiger partial charge in [-0.1, -0.05) is 11.2 Å². The average molecular weight is 267 g/mol. The van der Waals surface area contributed by atoms with Crippen LogP contribution in [-0.4, -0.2) is 34.2 Å². The summed E-state index contributed by atoms with van der Waals surface area (Å²) in [5.74, 6) is -0.974. The maximum absolute atomic E-state index is 13.4. The fourth-order valence-corrected chi connectivity index (χ4v) is 1.89. The van der Waals surface area contributed by atoms with Crippen LogP contribution in [-0.2, 0) is 6.42 Å². The van der Waals surface area contributed by atoms with E-state index in [1.807, 2.05) is 11.9 Å². The highest BCUT2D eigenvalue weighted by molar-refractivity contribution is 5.29. The SMILES string of the molecule is Cc1c(CCCN(C)c2nnn[nH]2)ccc(F)c1F. The van der Waals surface area contributed by atoms with E-state index < -0.39 is 11.6 Å². The van der Waals surface area contributed by atoms with Crippen molar-refractivity contribution in [2.75, 3.05) is 18.5 Å².